The number of carbonyl (C=O) groups is 1. The summed E-state index contributed by atoms with van der Waals surface area (Å²) in [6.45, 7) is 0. The predicted octanol–water partition coefficient (Wildman–Crippen LogP) is -0.151. The minimum absolute atomic E-state index is 0.0692. The number of anilines is 1. The molecule has 7 heteroatoms. The Hall–Kier alpha value is -1.44. The maximum atomic E-state index is 11.2. The van der Waals surface area contributed by atoms with Crippen molar-refractivity contribution in [1.82, 2.24) is 4.89 Å². The molecule has 1 aliphatic rings. The molecule has 0 aliphatic carbocycles. The van der Waals surface area contributed by atoms with Crippen molar-refractivity contribution in [3.63, 3.8) is 0 Å². The van der Waals surface area contributed by atoms with E-state index in [-0.39, 0.29) is 17.2 Å². The van der Waals surface area contributed by atoms with Crippen LogP contribution in [0.4, 0.5) is 5.69 Å². The van der Waals surface area contributed by atoms with Gasteiger partial charge in [-0.15, -0.1) is 0 Å². The quantitative estimate of drug-likeness (QED) is 0.613. The number of amides is 1. The van der Waals surface area contributed by atoms with Gasteiger partial charge in [0.05, 0.1) is 11.3 Å². The van der Waals surface area contributed by atoms with Crippen LogP contribution in [0.3, 0.4) is 0 Å². The number of hydrogen-bond acceptors (Lipinski definition) is 4. The minimum atomic E-state index is -3.87. The number of sulfonamides is 1. The molecule has 0 saturated heterocycles. The molecular formula is C8H8N2O4S. The van der Waals surface area contributed by atoms with Crippen LogP contribution in [0.5, 0.6) is 0 Å². The van der Waals surface area contributed by atoms with Gasteiger partial charge in [0.15, 0.2) is 0 Å². The van der Waals surface area contributed by atoms with Crippen molar-refractivity contribution >= 4 is 21.6 Å². The molecule has 1 aromatic rings. The lowest BCUT2D eigenvalue weighted by molar-refractivity contribution is -0.115. The molecule has 6 nitrogen and oxygen atoms in total. The lowest BCUT2D eigenvalue weighted by Crippen LogP contribution is -2.19. The Morgan fingerprint density at radius 1 is 1.40 bits per heavy atom. The zero-order valence-corrected chi connectivity index (χ0v) is 8.34. The summed E-state index contributed by atoms with van der Waals surface area (Å²) >= 11 is 0. The van der Waals surface area contributed by atoms with Crippen molar-refractivity contribution in [3.05, 3.63) is 23.8 Å². The first-order valence-corrected chi connectivity index (χ1v) is 5.60. The Bertz CT molecular complexity index is 523. The van der Waals surface area contributed by atoms with E-state index in [0.29, 0.717) is 11.3 Å². The first-order valence-electron chi connectivity index (χ1n) is 4.11. The molecule has 0 radical (unpaired) electrons. The van der Waals surface area contributed by atoms with E-state index >= 15 is 0 Å². The van der Waals surface area contributed by atoms with Gasteiger partial charge >= 0.3 is 0 Å². The van der Waals surface area contributed by atoms with Crippen LogP contribution in [-0.2, 0) is 21.2 Å². The third-order valence-corrected chi connectivity index (χ3v) is 3.25. The molecule has 15 heavy (non-hydrogen) atoms. The fraction of sp³-hybridized carbons (Fsp3) is 0.125. The second kappa shape index (κ2) is 3.30. The van der Waals surface area contributed by atoms with Crippen LogP contribution in [0.2, 0.25) is 0 Å². The number of fused-ring (bicyclic) bond motifs is 1. The summed E-state index contributed by atoms with van der Waals surface area (Å²) < 4.78 is 22.4. The molecule has 80 valence electrons. The second-order valence-electron chi connectivity index (χ2n) is 3.14. The van der Waals surface area contributed by atoms with Gasteiger partial charge in [-0.05, 0) is 23.8 Å². The largest absolute Gasteiger partial charge is 0.326 e. The van der Waals surface area contributed by atoms with Crippen molar-refractivity contribution in [2.45, 2.75) is 11.3 Å². The smallest absolute Gasteiger partial charge is 0.262 e. The zero-order valence-electron chi connectivity index (χ0n) is 7.52. The third-order valence-electron chi connectivity index (χ3n) is 2.13. The van der Waals surface area contributed by atoms with Crippen molar-refractivity contribution in [1.29, 1.82) is 0 Å². The summed E-state index contributed by atoms with van der Waals surface area (Å²) in [6.07, 6.45) is 0.157. The molecule has 0 aromatic heterocycles. The first-order chi connectivity index (χ1) is 7.03. The predicted molar refractivity (Wildman–Crippen MR) is 50.9 cm³/mol. The summed E-state index contributed by atoms with van der Waals surface area (Å²) in [6, 6.07) is 4.15. The van der Waals surface area contributed by atoms with Crippen LogP contribution in [-0.4, -0.2) is 19.5 Å². The normalized spacial score (nSPS) is 14.9. The number of carbonyl (C=O) groups excluding carboxylic acids is 1. The highest BCUT2D eigenvalue weighted by molar-refractivity contribution is 7.89. The van der Waals surface area contributed by atoms with Gasteiger partial charge in [-0.1, -0.05) is 4.89 Å². The molecule has 0 fully saturated rings. The average Bonchev–Trinajstić information content (AvgIpc) is 2.56. The molecule has 0 unspecified atom stereocenters. The maximum Gasteiger partial charge on any atom is 0.262 e. The van der Waals surface area contributed by atoms with Crippen LogP contribution in [0.15, 0.2) is 23.1 Å². The highest BCUT2D eigenvalue weighted by atomic mass is 32.2. The monoisotopic (exact) mass is 228 g/mol. The highest BCUT2D eigenvalue weighted by Crippen LogP contribution is 2.25. The van der Waals surface area contributed by atoms with E-state index in [4.69, 9.17) is 5.21 Å². The molecule has 2 rings (SSSR count). The van der Waals surface area contributed by atoms with Crippen molar-refractivity contribution in [2.24, 2.45) is 0 Å². The Balaban J connectivity index is 2.48. The lowest BCUT2D eigenvalue weighted by atomic mass is 10.2. The summed E-state index contributed by atoms with van der Waals surface area (Å²) in [5, 5.41) is 11.0. The molecule has 0 spiro atoms. The van der Waals surface area contributed by atoms with E-state index in [1.165, 1.54) is 23.1 Å². The molecular weight excluding hydrogens is 220 g/mol. The summed E-state index contributed by atoms with van der Waals surface area (Å²) in [5.74, 6) is -0.170. The van der Waals surface area contributed by atoms with Gasteiger partial charge in [-0.2, -0.15) is 0 Å². The summed E-state index contributed by atoms with van der Waals surface area (Å²) in [7, 11) is -3.87. The standard InChI is InChI=1S/C8H8N2O4S/c11-8-4-5-3-6(15(13,14)10-12)1-2-7(5)9-8/h1-3,10,12H,4H2,(H,9,11). The summed E-state index contributed by atoms with van der Waals surface area (Å²) in [5.41, 5.74) is 1.22. The molecule has 1 amide bonds. The van der Waals surface area contributed by atoms with Gasteiger partial charge < -0.3 is 10.5 Å². The molecule has 0 bridgehead atoms. The van der Waals surface area contributed by atoms with Gasteiger partial charge in [0.1, 0.15) is 0 Å². The Morgan fingerprint density at radius 3 is 2.80 bits per heavy atom. The molecule has 1 aliphatic heterocycles. The van der Waals surface area contributed by atoms with Crippen LogP contribution < -0.4 is 10.2 Å². The van der Waals surface area contributed by atoms with Crippen LogP contribution in [0.25, 0.3) is 0 Å². The molecule has 0 saturated carbocycles. The van der Waals surface area contributed by atoms with Crippen molar-refractivity contribution in [3.8, 4) is 0 Å². The van der Waals surface area contributed by atoms with Gasteiger partial charge in [0.2, 0.25) is 5.91 Å². The molecule has 1 heterocycles. The fourth-order valence-electron chi connectivity index (χ4n) is 1.43. The Kier molecular flexibility index (Phi) is 2.22. The maximum absolute atomic E-state index is 11.2. The zero-order chi connectivity index (χ0) is 11.1. The average molecular weight is 228 g/mol. The Morgan fingerprint density at radius 2 is 2.13 bits per heavy atom. The number of benzene rings is 1. The van der Waals surface area contributed by atoms with Gasteiger partial charge in [0.25, 0.3) is 10.0 Å². The number of hydrogen-bond donors (Lipinski definition) is 3. The number of rotatable bonds is 2. The van der Waals surface area contributed by atoms with Crippen LogP contribution >= 0.6 is 0 Å². The van der Waals surface area contributed by atoms with Gasteiger partial charge in [-0.25, -0.2) is 8.42 Å². The molecule has 3 N–H and O–H groups in total. The van der Waals surface area contributed by atoms with E-state index in [1.54, 1.807) is 0 Å². The SMILES string of the molecule is O=C1Cc2cc(S(=O)(=O)NO)ccc2N1. The topological polar surface area (TPSA) is 95.5 Å². The lowest BCUT2D eigenvalue weighted by Gasteiger charge is -2.03. The molecule has 1 aromatic carbocycles. The van der Waals surface area contributed by atoms with Crippen LogP contribution in [0, 0.1) is 0 Å². The van der Waals surface area contributed by atoms with Gasteiger partial charge in [0, 0.05) is 5.69 Å². The van der Waals surface area contributed by atoms with E-state index in [9.17, 15) is 13.2 Å². The van der Waals surface area contributed by atoms with Crippen LogP contribution in [0.1, 0.15) is 5.56 Å². The van der Waals surface area contributed by atoms with Crippen molar-refractivity contribution in [2.75, 3.05) is 5.32 Å². The van der Waals surface area contributed by atoms with Crippen molar-refractivity contribution < 1.29 is 18.4 Å². The van der Waals surface area contributed by atoms with E-state index in [1.807, 2.05) is 0 Å². The molecule has 0 atom stereocenters. The van der Waals surface area contributed by atoms with E-state index < -0.39 is 10.0 Å². The highest BCUT2D eigenvalue weighted by Gasteiger charge is 2.21. The summed E-state index contributed by atoms with van der Waals surface area (Å²) in [4.78, 5) is 12.2. The van der Waals surface area contributed by atoms with Gasteiger partial charge in [-0.3, -0.25) is 4.79 Å². The first kappa shape index (κ1) is 10.1. The number of nitrogens with one attached hydrogen (secondary N) is 2. The fourth-order valence-corrected chi connectivity index (χ4v) is 2.08. The third kappa shape index (κ3) is 1.72. The Labute approximate surface area is 85.9 Å². The van der Waals surface area contributed by atoms with E-state index in [0.717, 1.165) is 0 Å². The minimum Gasteiger partial charge on any atom is -0.326 e. The van der Waals surface area contributed by atoms with E-state index in [2.05, 4.69) is 5.32 Å². The second-order valence-corrected chi connectivity index (χ2v) is 4.80.